The highest BCUT2D eigenvalue weighted by Gasteiger charge is 2.27. The number of nitrogens with zero attached hydrogens (tertiary/aromatic N) is 4. The zero-order chi connectivity index (χ0) is 20.9. The molecule has 0 unspecified atom stereocenters. The molecule has 0 saturated carbocycles. The van der Waals surface area contributed by atoms with Crippen LogP contribution in [0.5, 0.6) is 0 Å². The van der Waals surface area contributed by atoms with Gasteiger partial charge in [0.2, 0.25) is 0 Å². The molecule has 1 aliphatic rings. The fourth-order valence-corrected chi connectivity index (χ4v) is 3.80. The minimum Gasteiger partial charge on any atom is -0.444 e. The molecule has 3 heterocycles. The van der Waals surface area contributed by atoms with Crippen LogP contribution in [0, 0.1) is 12.7 Å². The number of aromatic nitrogens is 2. The molecule has 1 amide bonds. The largest absolute Gasteiger partial charge is 0.444 e. The highest BCUT2D eigenvalue weighted by molar-refractivity contribution is 6.31. The van der Waals surface area contributed by atoms with E-state index in [1.165, 1.54) is 6.07 Å². The molecule has 29 heavy (non-hydrogen) atoms. The first-order valence-corrected chi connectivity index (χ1v) is 10.0. The van der Waals surface area contributed by atoms with E-state index in [1.54, 1.807) is 11.0 Å². The molecular weight excluding hydrogens is 395 g/mol. The molecule has 2 aromatic heterocycles. The number of amides is 1. The first kappa shape index (κ1) is 19.8. The molecule has 1 saturated heterocycles. The third-order valence-corrected chi connectivity index (χ3v) is 5.32. The second kappa shape index (κ2) is 7.06. The first-order chi connectivity index (χ1) is 13.6. The van der Waals surface area contributed by atoms with Crippen LogP contribution in [0.25, 0.3) is 16.6 Å². The van der Waals surface area contributed by atoms with Gasteiger partial charge in [0, 0.05) is 38.4 Å². The van der Waals surface area contributed by atoms with E-state index in [-0.39, 0.29) is 11.1 Å². The number of benzene rings is 1. The minimum absolute atomic E-state index is 0.0747. The third-order valence-electron chi connectivity index (χ3n) is 5.03. The zero-order valence-corrected chi connectivity index (χ0v) is 17.8. The first-order valence-electron chi connectivity index (χ1n) is 9.63. The molecule has 1 fully saturated rings. The van der Waals surface area contributed by atoms with Gasteiger partial charge in [-0.1, -0.05) is 11.6 Å². The molecule has 1 aliphatic heterocycles. The lowest BCUT2D eigenvalue weighted by molar-refractivity contribution is 0.0240. The number of halogens is 2. The highest BCUT2D eigenvalue weighted by atomic mass is 35.5. The Balaban J connectivity index is 1.67. The number of piperazine rings is 1. The van der Waals surface area contributed by atoms with Crippen molar-refractivity contribution in [3.63, 3.8) is 0 Å². The van der Waals surface area contributed by atoms with Gasteiger partial charge in [-0.15, -0.1) is 0 Å². The maximum Gasteiger partial charge on any atom is 0.410 e. The maximum absolute atomic E-state index is 14.1. The van der Waals surface area contributed by atoms with Crippen molar-refractivity contribution in [1.82, 2.24) is 14.3 Å². The molecule has 154 valence electrons. The van der Waals surface area contributed by atoms with Crippen molar-refractivity contribution >= 4 is 40.1 Å². The number of carbonyl (C=O) groups excluding carboxylic acids is 1. The topological polar surface area (TPSA) is 50.1 Å². The third kappa shape index (κ3) is 3.71. The van der Waals surface area contributed by atoms with Gasteiger partial charge in [0.15, 0.2) is 5.82 Å². The van der Waals surface area contributed by atoms with Gasteiger partial charge < -0.3 is 18.9 Å². The average Bonchev–Trinajstić information content (AvgIpc) is 3.03. The van der Waals surface area contributed by atoms with Crippen LogP contribution in [-0.4, -0.2) is 52.2 Å². The maximum atomic E-state index is 14.1. The molecule has 4 rings (SSSR count). The van der Waals surface area contributed by atoms with Crippen molar-refractivity contribution in [2.75, 3.05) is 31.1 Å². The molecule has 0 bridgehead atoms. The summed E-state index contributed by atoms with van der Waals surface area (Å²) in [5.41, 5.74) is 2.82. The van der Waals surface area contributed by atoms with Gasteiger partial charge >= 0.3 is 6.09 Å². The molecule has 6 nitrogen and oxygen atoms in total. The van der Waals surface area contributed by atoms with Gasteiger partial charge in [0.1, 0.15) is 11.4 Å². The van der Waals surface area contributed by atoms with Crippen molar-refractivity contribution in [3.8, 4) is 0 Å². The number of hydrogen-bond acceptors (Lipinski definition) is 4. The predicted octanol–water partition coefficient (Wildman–Crippen LogP) is 4.65. The van der Waals surface area contributed by atoms with Gasteiger partial charge in [-0.3, -0.25) is 0 Å². The highest BCUT2D eigenvalue weighted by Crippen LogP contribution is 2.31. The van der Waals surface area contributed by atoms with E-state index in [2.05, 4.69) is 4.90 Å². The molecule has 1 aromatic carbocycles. The lowest BCUT2D eigenvalue weighted by atomic mass is 10.2. The molecule has 0 aliphatic carbocycles. The smallest absolute Gasteiger partial charge is 0.410 e. The monoisotopic (exact) mass is 418 g/mol. The Morgan fingerprint density at radius 2 is 1.90 bits per heavy atom. The fraction of sp³-hybridized carbons (Fsp3) is 0.429. The number of anilines is 1. The van der Waals surface area contributed by atoms with Crippen molar-refractivity contribution < 1.29 is 13.9 Å². The van der Waals surface area contributed by atoms with Gasteiger partial charge in [0.25, 0.3) is 0 Å². The van der Waals surface area contributed by atoms with E-state index in [0.717, 1.165) is 22.4 Å². The van der Waals surface area contributed by atoms with Crippen LogP contribution >= 0.6 is 11.6 Å². The Kier molecular flexibility index (Phi) is 4.81. The molecule has 0 spiro atoms. The zero-order valence-electron chi connectivity index (χ0n) is 17.0. The summed E-state index contributed by atoms with van der Waals surface area (Å²) < 4.78 is 21.5. The molecule has 0 radical (unpaired) electrons. The number of carbonyl (C=O) groups is 1. The van der Waals surface area contributed by atoms with E-state index in [1.807, 2.05) is 44.4 Å². The van der Waals surface area contributed by atoms with Gasteiger partial charge in [0.05, 0.1) is 21.6 Å². The molecule has 3 aromatic rings. The Morgan fingerprint density at radius 3 is 2.55 bits per heavy atom. The summed E-state index contributed by atoms with van der Waals surface area (Å²) in [7, 11) is 0. The van der Waals surface area contributed by atoms with Crippen molar-refractivity contribution in [1.29, 1.82) is 0 Å². The van der Waals surface area contributed by atoms with Crippen molar-refractivity contribution in [3.05, 3.63) is 40.8 Å². The summed E-state index contributed by atoms with van der Waals surface area (Å²) >= 11 is 6.00. The Bertz CT molecular complexity index is 1100. The quantitative estimate of drug-likeness (QED) is 0.577. The SMILES string of the molecule is Cc1ccn2c1c(N1CCN(C(=O)OC(C)(C)C)CC1)nc1cc(F)c(Cl)cc12. The van der Waals surface area contributed by atoms with Crippen LogP contribution in [-0.2, 0) is 4.74 Å². The van der Waals surface area contributed by atoms with Crippen LogP contribution < -0.4 is 4.90 Å². The summed E-state index contributed by atoms with van der Waals surface area (Å²) in [5.74, 6) is 0.293. The standard InChI is InChI=1S/C21H24ClFN4O2/c1-13-5-6-27-17-11-14(22)15(23)12-16(17)24-19(18(13)27)25-7-9-26(10-8-25)20(28)29-21(2,3)4/h5-6,11-12H,7-10H2,1-4H3. The number of hydrogen-bond donors (Lipinski definition) is 0. The second-order valence-electron chi connectivity index (χ2n) is 8.36. The number of fused-ring (bicyclic) bond motifs is 3. The molecular formula is C21H24ClFN4O2. The van der Waals surface area contributed by atoms with E-state index in [0.29, 0.717) is 31.7 Å². The lowest BCUT2D eigenvalue weighted by Gasteiger charge is -2.36. The summed E-state index contributed by atoms with van der Waals surface area (Å²) in [6.45, 7) is 9.91. The fourth-order valence-electron chi connectivity index (χ4n) is 3.64. The average molecular weight is 419 g/mol. The Labute approximate surface area is 173 Å². The normalized spacial score (nSPS) is 15.4. The van der Waals surface area contributed by atoms with Crippen molar-refractivity contribution in [2.45, 2.75) is 33.3 Å². The van der Waals surface area contributed by atoms with Crippen LogP contribution in [0.1, 0.15) is 26.3 Å². The van der Waals surface area contributed by atoms with Crippen LogP contribution in [0.4, 0.5) is 15.0 Å². The summed E-state index contributed by atoms with van der Waals surface area (Å²) in [6, 6.07) is 4.98. The second-order valence-corrected chi connectivity index (χ2v) is 8.77. The minimum atomic E-state index is -0.519. The van der Waals surface area contributed by atoms with E-state index in [4.69, 9.17) is 21.3 Å². The van der Waals surface area contributed by atoms with Crippen LogP contribution in [0.2, 0.25) is 5.02 Å². The van der Waals surface area contributed by atoms with E-state index < -0.39 is 11.4 Å². The number of rotatable bonds is 1. The van der Waals surface area contributed by atoms with E-state index in [9.17, 15) is 9.18 Å². The Hall–Kier alpha value is -2.54. The van der Waals surface area contributed by atoms with Gasteiger partial charge in [-0.25, -0.2) is 14.2 Å². The lowest BCUT2D eigenvalue weighted by Crippen LogP contribution is -2.50. The summed E-state index contributed by atoms with van der Waals surface area (Å²) in [5, 5.41) is 0.0747. The molecule has 0 atom stereocenters. The van der Waals surface area contributed by atoms with E-state index >= 15 is 0 Å². The van der Waals surface area contributed by atoms with Crippen LogP contribution in [0.3, 0.4) is 0 Å². The number of ether oxygens (including phenoxy) is 1. The Morgan fingerprint density at radius 1 is 1.21 bits per heavy atom. The van der Waals surface area contributed by atoms with Crippen LogP contribution in [0.15, 0.2) is 24.4 Å². The molecule has 0 N–H and O–H groups in total. The summed E-state index contributed by atoms with van der Waals surface area (Å²) in [4.78, 5) is 20.9. The number of aryl methyl sites for hydroxylation is 1. The van der Waals surface area contributed by atoms with Crippen molar-refractivity contribution in [2.24, 2.45) is 0 Å². The van der Waals surface area contributed by atoms with Gasteiger partial charge in [-0.2, -0.15) is 0 Å². The predicted molar refractivity (Wildman–Crippen MR) is 112 cm³/mol. The molecule has 8 heteroatoms. The van der Waals surface area contributed by atoms with Gasteiger partial charge in [-0.05, 0) is 45.4 Å². The summed E-state index contributed by atoms with van der Waals surface area (Å²) in [6.07, 6.45) is 1.65.